The molecule has 0 saturated carbocycles. The molecule has 0 atom stereocenters. The summed E-state index contributed by atoms with van der Waals surface area (Å²) >= 11 is 0. The van der Waals surface area contributed by atoms with Gasteiger partial charge in [-0.1, -0.05) is 35.5 Å². The Morgan fingerprint density at radius 2 is 2.44 bits per heavy atom. The molecule has 1 aromatic carbocycles. The fourth-order valence-electron chi connectivity index (χ4n) is 1.52. The Kier molecular flexibility index (Phi) is 3.21. The first kappa shape index (κ1) is 10.3. The van der Waals surface area contributed by atoms with Crippen molar-refractivity contribution in [1.82, 2.24) is 10.2 Å². The highest BCUT2D eigenvalue weighted by molar-refractivity contribution is 5.86. The van der Waals surface area contributed by atoms with Crippen LogP contribution < -0.4 is 0 Å². The molecule has 0 bridgehead atoms. The van der Waals surface area contributed by atoms with Crippen molar-refractivity contribution in [3.63, 3.8) is 0 Å². The summed E-state index contributed by atoms with van der Waals surface area (Å²) in [5.74, 6) is 0. The number of hydrogen-bond acceptors (Lipinski definition) is 2. The van der Waals surface area contributed by atoms with Crippen LogP contribution in [-0.4, -0.2) is 16.7 Å². The molecule has 0 radical (unpaired) electrons. The van der Waals surface area contributed by atoms with E-state index in [4.69, 9.17) is 5.53 Å². The predicted octanol–water partition coefficient (Wildman–Crippen LogP) is 3.28. The maximum Gasteiger partial charge on any atom is 0.0722 e. The van der Waals surface area contributed by atoms with E-state index < -0.39 is 0 Å². The average molecular weight is 213 g/mol. The Morgan fingerprint density at radius 3 is 3.31 bits per heavy atom. The maximum atomic E-state index is 8.12. The molecule has 0 aliphatic rings. The van der Waals surface area contributed by atoms with Crippen molar-refractivity contribution in [3.05, 3.63) is 46.5 Å². The number of azide groups is 1. The van der Waals surface area contributed by atoms with Crippen LogP contribution in [-0.2, 0) is 0 Å². The summed E-state index contributed by atoms with van der Waals surface area (Å²) in [6.45, 7) is 0.492. The number of nitrogens with one attached hydrogen (secondary N) is 1. The first-order chi connectivity index (χ1) is 7.92. The van der Waals surface area contributed by atoms with E-state index in [2.05, 4.69) is 20.2 Å². The summed E-state index contributed by atoms with van der Waals surface area (Å²) < 4.78 is 0. The van der Waals surface area contributed by atoms with E-state index in [0.29, 0.717) is 6.54 Å². The summed E-state index contributed by atoms with van der Waals surface area (Å²) in [4.78, 5) is 2.70. The van der Waals surface area contributed by atoms with Gasteiger partial charge in [0.05, 0.1) is 11.7 Å². The molecule has 0 saturated heterocycles. The molecule has 1 heterocycles. The fraction of sp³-hybridized carbons (Fsp3) is 0.182. The second-order valence-electron chi connectivity index (χ2n) is 3.33. The predicted molar refractivity (Wildman–Crippen MR) is 63.8 cm³/mol. The molecule has 0 aliphatic carbocycles. The maximum absolute atomic E-state index is 8.12. The molecule has 80 valence electrons. The smallest absolute Gasteiger partial charge is 0.0722 e. The van der Waals surface area contributed by atoms with Crippen LogP contribution in [0.5, 0.6) is 0 Å². The number of para-hydroxylation sites is 1. The fourth-order valence-corrected chi connectivity index (χ4v) is 1.52. The topological polar surface area (TPSA) is 77.4 Å². The highest BCUT2D eigenvalue weighted by Gasteiger charge is 1.97. The van der Waals surface area contributed by atoms with Crippen LogP contribution in [0.15, 0.2) is 35.6 Å². The van der Waals surface area contributed by atoms with Crippen LogP contribution in [0.25, 0.3) is 27.4 Å². The van der Waals surface area contributed by atoms with Gasteiger partial charge in [-0.15, -0.1) is 0 Å². The van der Waals surface area contributed by atoms with Gasteiger partial charge in [-0.25, -0.2) is 0 Å². The van der Waals surface area contributed by atoms with Crippen LogP contribution in [0.3, 0.4) is 0 Å². The lowest BCUT2D eigenvalue weighted by Crippen LogP contribution is -1.77. The monoisotopic (exact) mass is 213 g/mol. The Bertz CT molecular complexity index is 548. The minimum atomic E-state index is 0.492. The minimum Gasteiger partial charge on any atom is -0.277 e. The molecule has 2 aromatic rings. The molecular formula is C11H11N5. The van der Waals surface area contributed by atoms with Gasteiger partial charge >= 0.3 is 0 Å². The summed E-state index contributed by atoms with van der Waals surface area (Å²) in [7, 11) is 0. The number of nitrogens with zero attached hydrogens (tertiary/aromatic N) is 4. The zero-order valence-electron chi connectivity index (χ0n) is 8.67. The second kappa shape index (κ2) is 5.00. The van der Waals surface area contributed by atoms with Gasteiger partial charge in [-0.2, -0.15) is 5.10 Å². The largest absolute Gasteiger partial charge is 0.277 e. The number of aromatic amines is 1. The highest BCUT2D eigenvalue weighted by Crippen LogP contribution is 2.16. The number of fused-ring (bicyclic) bond motifs is 1. The van der Waals surface area contributed by atoms with E-state index in [1.54, 1.807) is 6.20 Å². The first-order valence-electron chi connectivity index (χ1n) is 5.01. The summed E-state index contributed by atoms with van der Waals surface area (Å²) in [5, 5.41) is 11.5. The van der Waals surface area contributed by atoms with Crippen LogP contribution in [0.2, 0.25) is 0 Å². The van der Waals surface area contributed by atoms with Crippen molar-refractivity contribution in [3.8, 4) is 0 Å². The Balaban J connectivity index is 2.14. The summed E-state index contributed by atoms with van der Waals surface area (Å²) in [6, 6.07) is 6.02. The molecule has 16 heavy (non-hydrogen) atoms. The Labute approximate surface area is 92.4 Å². The van der Waals surface area contributed by atoms with Gasteiger partial charge in [0.25, 0.3) is 0 Å². The van der Waals surface area contributed by atoms with Crippen molar-refractivity contribution in [2.45, 2.75) is 6.42 Å². The third-order valence-electron chi connectivity index (χ3n) is 2.27. The lowest BCUT2D eigenvalue weighted by Gasteiger charge is -1.95. The number of H-pyrrole nitrogens is 1. The van der Waals surface area contributed by atoms with E-state index in [0.717, 1.165) is 22.9 Å². The van der Waals surface area contributed by atoms with Crippen LogP contribution >= 0.6 is 0 Å². The van der Waals surface area contributed by atoms with Crippen LogP contribution in [0.4, 0.5) is 0 Å². The molecule has 0 aliphatic heterocycles. The quantitative estimate of drug-likeness (QED) is 0.359. The lowest BCUT2D eigenvalue weighted by molar-refractivity contribution is 0.996. The third-order valence-corrected chi connectivity index (χ3v) is 2.27. The van der Waals surface area contributed by atoms with Gasteiger partial charge < -0.3 is 0 Å². The molecule has 1 aromatic heterocycles. The average Bonchev–Trinajstić information content (AvgIpc) is 2.77. The third kappa shape index (κ3) is 2.21. The first-order valence-corrected chi connectivity index (χ1v) is 5.01. The number of aromatic nitrogens is 2. The van der Waals surface area contributed by atoms with Gasteiger partial charge in [0.15, 0.2) is 0 Å². The van der Waals surface area contributed by atoms with E-state index in [9.17, 15) is 0 Å². The van der Waals surface area contributed by atoms with E-state index in [1.165, 1.54) is 0 Å². The number of rotatable bonds is 4. The summed E-state index contributed by atoms with van der Waals surface area (Å²) in [6.07, 6.45) is 6.54. The standard InChI is InChI=1S/C11H11N5/c12-16-13-7-2-1-4-9-5-3-6-10-8-14-15-11(9)10/h1,3-6,8H,2,7H2,(H,14,15). The molecule has 0 fully saturated rings. The van der Waals surface area contributed by atoms with Gasteiger partial charge in [-0.3, -0.25) is 5.10 Å². The zero-order chi connectivity index (χ0) is 11.2. The second-order valence-corrected chi connectivity index (χ2v) is 3.33. The van der Waals surface area contributed by atoms with Gasteiger partial charge in [-0.05, 0) is 17.5 Å². The summed E-state index contributed by atoms with van der Waals surface area (Å²) in [5.41, 5.74) is 10.2. The zero-order valence-corrected chi connectivity index (χ0v) is 8.67. The van der Waals surface area contributed by atoms with Crippen molar-refractivity contribution in [1.29, 1.82) is 0 Å². The van der Waals surface area contributed by atoms with Crippen molar-refractivity contribution < 1.29 is 0 Å². The van der Waals surface area contributed by atoms with E-state index in [-0.39, 0.29) is 0 Å². The molecule has 5 heteroatoms. The Morgan fingerprint density at radius 1 is 1.50 bits per heavy atom. The Hall–Kier alpha value is -2.26. The number of hydrogen-bond donors (Lipinski definition) is 1. The molecule has 0 unspecified atom stereocenters. The molecule has 1 N–H and O–H groups in total. The number of benzene rings is 1. The normalized spacial score (nSPS) is 10.8. The molecule has 0 spiro atoms. The highest BCUT2D eigenvalue weighted by atomic mass is 15.1. The van der Waals surface area contributed by atoms with Crippen LogP contribution in [0, 0.1) is 0 Å². The van der Waals surface area contributed by atoms with Crippen LogP contribution in [0.1, 0.15) is 12.0 Å². The van der Waals surface area contributed by atoms with Crippen molar-refractivity contribution in [2.75, 3.05) is 6.54 Å². The van der Waals surface area contributed by atoms with Crippen molar-refractivity contribution in [2.24, 2.45) is 5.11 Å². The molecular weight excluding hydrogens is 202 g/mol. The SMILES string of the molecule is [N-]=[N+]=NCCC=Cc1cccc2cn[nH]c12. The van der Waals surface area contributed by atoms with Gasteiger partial charge in [0, 0.05) is 16.8 Å². The minimum absolute atomic E-state index is 0.492. The van der Waals surface area contributed by atoms with Gasteiger partial charge in [0.2, 0.25) is 0 Å². The van der Waals surface area contributed by atoms with Gasteiger partial charge in [0.1, 0.15) is 0 Å². The lowest BCUT2D eigenvalue weighted by atomic mass is 10.1. The van der Waals surface area contributed by atoms with E-state index >= 15 is 0 Å². The molecule has 5 nitrogen and oxygen atoms in total. The van der Waals surface area contributed by atoms with E-state index in [1.807, 2.05) is 30.4 Å². The molecule has 2 rings (SSSR count). The van der Waals surface area contributed by atoms with Crippen molar-refractivity contribution >= 4 is 17.0 Å². The molecule has 0 amide bonds.